The number of aromatic nitrogens is 2. The summed E-state index contributed by atoms with van der Waals surface area (Å²) in [4.78, 5) is 59.4. The standard InChI is InChI=1S/C27H34N6O6/c1-17-19(31-21(34)11-14-29-26(37)39-27(2,3)4)9-10-20-23(17)24(36)38-25(32-20)30-16-22(35)33(5)15-12-18-8-6-7-13-28-18/h6-10,13H,11-12,14-16H2,1-5H3,(H,29,37)(H,30,32)(H,31,34). The number of anilines is 2. The highest BCUT2D eigenvalue weighted by atomic mass is 16.6. The Labute approximate surface area is 226 Å². The van der Waals surface area contributed by atoms with E-state index in [4.69, 9.17) is 9.15 Å². The third-order valence-corrected chi connectivity index (χ3v) is 5.60. The lowest BCUT2D eigenvalue weighted by Crippen LogP contribution is -2.34. The highest BCUT2D eigenvalue weighted by Crippen LogP contribution is 2.23. The quantitative estimate of drug-likeness (QED) is 0.353. The van der Waals surface area contributed by atoms with Crippen LogP contribution in [0.1, 0.15) is 38.4 Å². The number of nitrogens with one attached hydrogen (secondary N) is 3. The number of pyridine rings is 1. The molecule has 0 bridgehead atoms. The molecule has 0 aliphatic carbocycles. The molecule has 3 aromatic rings. The van der Waals surface area contributed by atoms with Crippen molar-refractivity contribution in [2.45, 2.75) is 46.1 Å². The van der Waals surface area contributed by atoms with Crippen molar-refractivity contribution in [1.29, 1.82) is 0 Å². The first-order valence-corrected chi connectivity index (χ1v) is 12.5. The van der Waals surface area contributed by atoms with Crippen LogP contribution in [0.3, 0.4) is 0 Å². The zero-order valence-electron chi connectivity index (χ0n) is 22.8. The van der Waals surface area contributed by atoms with Gasteiger partial charge in [0, 0.05) is 50.6 Å². The van der Waals surface area contributed by atoms with Crippen molar-refractivity contribution in [3.8, 4) is 0 Å². The molecule has 12 heteroatoms. The molecule has 3 N–H and O–H groups in total. The first-order chi connectivity index (χ1) is 18.4. The van der Waals surface area contributed by atoms with E-state index in [1.807, 2.05) is 18.2 Å². The lowest BCUT2D eigenvalue weighted by molar-refractivity contribution is -0.128. The van der Waals surface area contributed by atoms with Crippen LogP contribution >= 0.6 is 0 Å². The van der Waals surface area contributed by atoms with Gasteiger partial charge in [0.1, 0.15) is 5.60 Å². The molecule has 3 amide bonds. The molecular formula is C27H34N6O6. The van der Waals surface area contributed by atoms with Crippen molar-refractivity contribution in [2.24, 2.45) is 0 Å². The monoisotopic (exact) mass is 538 g/mol. The number of nitrogens with zero attached hydrogens (tertiary/aromatic N) is 3. The number of rotatable bonds is 10. The number of hydrogen-bond donors (Lipinski definition) is 3. The Hall–Kier alpha value is -4.48. The molecule has 0 atom stereocenters. The predicted molar refractivity (Wildman–Crippen MR) is 147 cm³/mol. The van der Waals surface area contributed by atoms with Gasteiger partial charge in [-0.2, -0.15) is 4.98 Å². The summed E-state index contributed by atoms with van der Waals surface area (Å²) in [6.45, 7) is 7.37. The Bertz CT molecular complexity index is 1380. The number of hydrogen-bond acceptors (Lipinski definition) is 9. The molecule has 2 aromatic heterocycles. The van der Waals surface area contributed by atoms with Gasteiger partial charge in [0.2, 0.25) is 11.8 Å². The van der Waals surface area contributed by atoms with E-state index in [9.17, 15) is 19.2 Å². The Morgan fingerprint density at radius 3 is 2.59 bits per heavy atom. The van der Waals surface area contributed by atoms with E-state index in [1.54, 1.807) is 58.0 Å². The van der Waals surface area contributed by atoms with Gasteiger partial charge in [-0.15, -0.1) is 0 Å². The maximum absolute atomic E-state index is 12.7. The van der Waals surface area contributed by atoms with E-state index in [2.05, 4.69) is 25.9 Å². The Morgan fingerprint density at radius 1 is 1.13 bits per heavy atom. The van der Waals surface area contributed by atoms with Crippen molar-refractivity contribution in [1.82, 2.24) is 20.2 Å². The summed E-state index contributed by atoms with van der Waals surface area (Å²) in [5, 5.41) is 8.24. The van der Waals surface area contributed by atoms with Crippen LogP contribution in [0.25, 0.3) is 10.9 Å². The summed E-state index contributed by atoms with van der Waals surface area (Å²) >= 11 is 0. The third kappa shape index (κ3) is 8.80. The number of carbonyl (C=O) groups is 3. The van der Waals surface area contributed by atoms with E-state index in [0.717, 1.165) is 5.69 Å². The summed E-state index contributed by atoms with van der Waals surface area (Å²) in [7, 11) is 1.68. The minimum absolute atomic E-state index is 0.0107. The second-order valence-corrected chi connectivity index (χ2v) is 9.91. The highest BCUT2D eigenvalue weighted by Gasteiger charge is 2.17. The van der Waals surface area contributed by atoms with Gasteiger partial charge in [0.05, 0.1) is 17.4 Å². The van der Waals surface area contributed by atoms with Crippen LogP contribution in [0.15, 0.2) is 45.7 Å². The Morgan fingerprint density at radius 2 is 1.90 bits per heavy atom. The van der Waals surface area contributed by atoms with Crippen LogP contribution in [0.5, 0.6) is 0 Å². The maximum Gasteiger partial charge on any atom is 0.407 e. The molecule has 0 spiro atoms. The van der Waals surface area contributed by atoms with Gasteiger partial charge < -0.3 is 30.0 Å². The van der Waals surface area contributed by atoms with Gasteiger partial charge in [-0.25, -0.2) is 9.59 Å². The minimum Gasteiger partial charge on any atom is -0.444 e. The molecule has 3 rings (SSSR count). The first-order valence-electron chi connectivity index (χ1n) is 12.5. The second kappa shape index (κ2) is 12.9. The SMILES string of the molecule is Cc1c(NC(=O)CCNC(=O)OC(C)(C)C)ccc2nc(NCC(=O)N(C)CCc3ccccn3)oc(=O)c12. The highest BCUT2D eigenvalue weighted by molar-refractivity contribution is 5.96. The van der Waals surface area contributed by atoms with Gasteiger partial charge in [-0.3, -0.25) is 14.6 Å². The fourth-order valence-corrected chi connectivity index (χ4v) is 3.57. The van der Waals surface area contributed by atoms with Crippen molar-refractivity contribution >= 4 is 40.5 Å². The lowest BCUT2D eigenvalue weighted by Gasteiger charge is -2.19. The molecule has 0 unspecified atom stereocenters. The number of fused-ring (bicyclic) bond motifs is 1. The zero-order valence-corrected chi connectivity index (χ0v) is 22.8. The molecule has 39 heavy (non-hydrogen) atoms. The maximum atomic E-state index is 12.7. The van der Waals surface area contributed by atoms with E-state index >= 15 is 0 Å². The molecule has 0 aliphatic heterocycles. The molecule has 1 aromatic carbocycles. The minimum atomic E-state index is -0.654. The number of ether oxygens (including phenoxy) is 1. The molecule has 12 nitrogen and oxygen atoms in total. The van der Waals surface area contributed by atoms with E-state index in [1.165, 1.54) is 0 Å². The van der Waals surface area contributed by atoms with Crippen LogP contribution in [0.4, 0.5) is 16.5 Å². The van der Waals surface area contributed by atoms with Crippen molar-refractivity contribution < 1.29 is 23.5 Å². The molecule has 0 radical (unpaired) electrons. The number of likely N-dealkylation sites (N-methyl/N-ethyl adjacent to an activating group) is 1. The Kier molecular flexibility index (Phi) is 9.58. The number of amides is 3. The fourth-order valence-electron chi connectivity index (χ4n) is 3.57. The van der Waals surface area contributed by atoms with Crippen LogP contribution < -0.4 is 21.6 Å². The molecule has 0 aliphatic rings. The Balaban J connectivity index is 1.56. The molecule has 0 saturated carbocycles. The molecule has 0 fully saturated rings. The third-order valence-electron chi connectivity index (χ3n) is 5.60. The largest absolute Gasteiger partial charge is 0.444 e. The summed E-state index contributed by atoms with van der Waals surface area (Å²) in [5.41, 5.74) is 0.857. The smallest absolute Gasteiger partial charge is 0.407 e. The first kappa shape index (κ1) is 29.1. The van der Waals surface area contributed by atoms with Gasteiger partial charge in [0.15, 0.2) is 0 Å². The summed E-state index contributed by atoms with van der Waals surface area (Å²) in [6.07, 6.45) is 1.72. The molecule has 208 valence electrons. The average Bonchev–Trinajstić information content (AvgIpc) is 2.86. The van der Waals surface area contributed by atoms with Gasteiger partial charge >= 0.3 is 11.7 Å². The van der Waals surface area contributed by atoms with E-state index in [0.29, 0.717) is 29.7 Å². The van der Waals surface area contributed by atoms with Gasteiger partial charge in [0.25, 0.3) is 6.01 Å². The van der Waals surface area contributed by atoms with Gasteiger partial charge in [-0.1, -0.05) is 6.07 Å². The zero-order chi connectivity index (χ0) is 28.6. The van der Waals surface area contributed by atoms with Crippen molar-refractivity contribution in [2.75, 3.05) is 37.3 Å². The summed E-state index contributed by atoms with van der Waals surface area (Å²) < 4.78 is 10.4. The molecule has 0 saturated heterocycles. The number of alkyl carbamates (subject to hydrolysis) is 1. The normalized spacial score (nSPS) is 11.1. The van der Waals surface area contributed by atoms with Crippen LogP contribution in [0, 0.1) is 6.92 Å². The second-order valence-electron chi connectivity index (χ2n) is 9.91. The van der Waals surface area contributed by atoms with Gasteiger partial charge in [-0.05, 0) is 57.5 Å². The average molecular weight is 539 g/mol. The van der Waals surface area contributed by atoms with Crippen molar-refractivity contribution in [3.63, 3.8) is 0 Å². The van der Waals surface area contributed by atoms with Crippen LogP contribution in [0.2, 0.25) is 0 Å². The topological polar surface area (TPSA) is 156 Å². The van der Waals surface area contributed by atoms with Crippen LogP contribution in [-0.2, 0) is 20.7 Å². The molecule has 2 heterocycles. The number of carbonyl (C=O) groups excluding carboxylic acids is 3. The van der Waals surface area contributed by atoms with E-state index in [-0.39, 0.29) is 42.7 Å². The van der Waals surface area contributed by atoms with Crippen LogP contribution in [-0.4, -0.2) is 65.1 Å². The summed E-state index contributed by atoms with van der Waals surface area (Å²) in [5.74, 6) is -0.555. The predicted octanol–water partition coefficient (Wildman–Crippen LogP) is 2.86. The molecular weight excluding hydrogens is 504 g/mol. The fraction of sp³-hybridized carbons (Fsp3) is 0.407. The summed E-state index contributed by atoms with van der Waals surface area (Å²) in [6, 6.07) is 8.75. The number of aryl methyl sites for hydroxylation is 1. The van der Waals surface area contributed by atoms with E-state index < -0.39 is 17.3 Å². The lowest BCUT2D eigenvalue weighted by atomic mass is 10.1. The number of benzene rings is 1. The van der Waals surface area contributed by atoms with Crippen molar-refractivity contribution in [3.05, 3.63) is 58.2 Å².